The first-order chi connectivity index (χ1) is 13.3. The molecule has 0 bridgehead atoms. The molecular formula is C30H70O7. The van der Waals surface area contributed by atoms with E-state index in [1.807, 2.05) is 6.92 Å². The van der Waals surface area contributed by atoms with Gasteiger partial charge in [0.15, 0.2) is 0 Å². The lowest BCUT2D eigenvalue weighted by Gasteiger charge is -2.40. The summed E-state index contributed by atoms with van der Waals surface area (Å²) in [4.78, 5) is 37.4. The van der Waals surface area contributed by atoms with Crippen molar-refractivity contribution in [1.82, 2.24) is 0 Å². The fourth-order valence-corrected chi connectivity index (χ4v) is 4.33. The van der Waals surface area contributed by atoms with Crippen LogP contribution in [0.2, 0.25) is 0 Å². The highest BCUT2D eigenvalue weighted by molar-refractivity contribution is 5.81. The Hall–Kier alpha value is -1.63. The minimum Gasteiger partial charge on any atom is -0.469 e. The molecule has 4 unspecified atom stereocenters. The molecule has 1 aliphatic rings. The van der Waals surface area contributed by atoms with Crippen LogP contribution in [0.25, 0.3) is 0 Å². The van der Waals surface area contributed by atoms with Gasteiger partial charge >= 0.3 is 17.9 Å². The Balaban J connectivity index is -0.000000175. The summed E-state index contributed by atoms with van der Waals surface area (Å²) in [6.07, 6.45) is 1.91. The van der Waals surface area contributed by atoms with Crippen molar-refractivity contribution in [1.29, 1.82) is 0 Å². The lowest BCUT2D eigenvalue weighted by atomic mass is 9.65. The zero-order chi connectivity index (χ0) is 22.5. The first-order valence-electron chi connectivity index (χ1n) is 10.3. The Morgan fingerprint density at radius 3 is 1.68 bits per heavy atom. The van der Waals surface area contributed by atoms with Gasteiger partial charge in [-0.3, -0.25) is 14.4 Å². The molecule has 4 atom stereocenters. The Morgan fingerprint density at radius 2 is 1.32 bits per heavy atom. The van der Waals surface area contributed by atoms with E-state index in [0.717, 1.165) is 6.42 Å². The van der Waals surface area contributed by atoms with Gasteiger partial charge < -0.3 is 18.9 Å². The predicted molar refractivity (Wildman–Crippen MR) is 162 cm³/mol. The second-order valence-corrected chi connectivity index (χ2v) is 9.59. The predicted octanol–water partition coefficient (Wildman–Crippen LogP) is 8.76. The minimum absolute atomic E-state index is 0. The van der Waals surface area contributed by atoms with Crippen LogP contribution in [0.4, 0.5) is 0 Å². The van der Waals surface area contributed by atoms with E-state index in [4.69, 9.17) is 18.9 Å². The van der Waals surface area contributed by atoms with Crippen LogP contribution in [-0.2, 0) is 33.3 Å². The van der Waals surface area contributed by atoms with Gasteiger partial charge in [-0.2, -0.15) is 0 Å². The molecule has 7 heteroatoms. The molecule has 1 fully saturated rings. The van der Waals surface area contributed by atoms with Crippen molar-refractivity contribution in [3.8, 4) is 0 Å². The summed E-state index contributed by atoms with van der Waals surface area (Å²) in [5, 5.41) is 0. The third-order valence-electron chi connectivity index (χ3n) is 5.49. The van der Waals surface area contributed by atoms with Crippen LogP contribution in [0, 0.1) is 16.7 Å². The summed E-state index contributed by atoms with van der Waals surface area (Å²) in [7, 11) is 1.33. The van der Waals surface area contributed by atoms with Crippen molar-refractivity contribution in [2.24, 2.45) is 16.7 Å². The fraction of sp³-hybridized carbons (Fsp3) is 0.900. The maximum Gasteiger partial charge on any atom is 0.311 e. The second kappa shape index (κ2) is 22.4. The standard InChI is InChI=1S/C22H38O7.8CH4/c1-9-15(2)10-21(6,19(25)28-12-17-11-27-17)14-22(7,18(24)26-8)13-20(4,5)29-16(3)23;;;;;;;;/h15,17H,9-14H2,1-8H3;8*1H4. The van der Waals surface area contributed by atoms with Crippen molar-refractivity contribution in [2.75, 3.05) is 20.3 Å². The topological polar surface area (TPSA) is 91.4 Å². The molecule has 0 spiro atoms. The number of hydrogen-bond acceptors (Lipinski definition) is 7. The summed E-state index contributed by atoms with van der Waals surface area (Å²) in [6, 6.07) is 0. The third-order valence-corrected chi connectivity index (χ3v) is 5.49. The summed E-state index contributed by atoms with van der Waals surface area (Å²) < 4.78 is 21.2. The van der Waals surface area contributed by atoms with Crippen LogP contribution in [0.3, 0.4) is 0 Å². The van der Waals surface area contributed by atoms with Crippen LogP contribution in [0.15, 0.2) is 0 Å². The third kappa shape index (κ3) is 18.3. The van der Waals surface area contributed by atoms with E-state index in [2.05, 4.69) is 13.8 Å². The van der Waals surface area contributed by atoms with E-state index in [0.29, 0.717) is 13.0 Å². The lowest BCUT2D eigenvalue weighted by Crippen LogP contribution is -2.45. The average Bonchev–Trinajstić information content (AvgIpc) is 3.40. The largest absolute Gasteiger partial charge is 0.469 e. The maximum absolute atomic E-state index is 13.1. The Kier molecular flexibility index (Phi) is 33.7. The molecule has 0 N–H and O–H groups in total. The molecule has 0 aromatic heterocycles. The van der Waals surface area contributed by atoms with E-state index in [1.54, 1.807) is 20.8 Å². The number of methoxy groups -OCH3 is 1. The highest BCUT2D eigenvalue weighted by Crippen LogP contribution is 2.45. The molecule has 0 aromatic rings. The van der Waals surface area contributed by atoms with Gasteiger partial charge in [0.2, 0.25) is 0 Å². The molecule has 0 saturated carbocycles. The molecule has 1 heterocycles. The van der Waals surface area contributed by atoms with Gasteiger partial charge in [-0.05, 0) is 46.5 Å². The second-order valence-electron chi connectivity index (χ2n) is 9.59. The first kappa shape index (κ1) is 55.8. The number of carbonyl (C=O) groups is 3. The van der Waals surface area contributed by atoms with Crippen molar-refractivity contribution >= 4 is 17.9 Å². The summed E-state index contributed by atoms with van der Waals surface area (Å²) >= 11 is 0. The Bertz CT molecular complexity index is 599. The van der Waals surface area contributed by atoms with Crippen LogP contribution in [0.5, 0.6) is 0 Å². The van der Waals surface area contributed by atoms with Crippen molar-refractivity contribution in [2.45, 2.75) is 145 Å². The molecule has 7 nitrogen and oxygen atoms in total. The minimum atomic E-state index is -1.04. The van der Waals surface area contributed by atoms with E-state index >= 15 is 0 Å². The van der Waals surface area contributed by atoms with Gasteiger partial charge in [0.25, 0.3) is 0 Å². The summed E-state index contributed by atoms with van der Waals surface area (Å²) in [5.74, 6) is -0.929. The SMILES string of the molecule is C.C.C.C.C.C.C.C.CCC(C)CC(C)(CC(C)(CC(C)(C)OC(C)=O)C(=O)OC)C(=O)OCC1CO1. The number of carbonyl (C=O) groups excluding carboxylic acids is 3. The molecule has 232 valence electrons. The summed E-state index contributed by atoms with van der Waals surface area (Å²) in [6.45, 7) is 13.4. The van der Waals surface area contributed by atoms with Gasteiger partial charge in [-0.1, -0.05) is 79.7 Å². The molecule has 1 aliphatic heterocycles. The fourth-order valence-electron chi connectivity index (χ4n) is 4.33. The molecule has 0 amide bonds. The molecule has 0 aliphatic carbocycles. The van der Waals surface area contributed by atoms with Gasteiger partial charge in [-0.15, -0.1) is 0 Å². The van der Waals surface area contributed by atoms with Crippen molar-refractivity contribution in [3.05, 3.63) is 0 Å². The Morgan fingerprint density at radius 1 is 0.865 bits per heavy atom. The van der Waals surface area contributed by atoms with E-state index in [1.165, 1.54) is 14.0 Å². The molecular weight excluding hydrogens is 472 g/mol. The molecule has 1 rings (SSSR count). The average molecular weight is 543 g/mol. The monoisotopic (exact) mass is 543 g/mol. The van der Waals surface area contributed by atoms with Crippen LogP contribution in [-0.4, -0.2) is 49.9 Å². The first-order valence-corrected chi connectivity index (χ1v) is 10.3. The van der Waals surface area contributed by atoms with Crippen LogP contribution >= 0.6 is 0 Å². The highest BCUT2D eigenvalue weighted by atomic mass is 16.6. The zero-order valence-electron chi connectivity index (χ0n) is 19.3. The Labute approximate surface area is 233 Å². The van der Waals surface area contributed by atoms with E-state index in [-0.39, 0.29) is 96.9 Å². The highest BCUT2D eigenvalue weighted by Gasteiger charge is 2.49. The maximum atomic E-state index is 13.1. The van der Waals surface area contributed by atoms with Gasteiger partial charge in [0, 0.05) is 13.3 Å². The zero-order valence-corrected chi connectivity index (χ0v) is 19.3. The number of hydrogen-bond donors (Lipinski definition) is 0. The lowest BCUT2D eigenvalue weighted by molar-refractivity contribution is -0.172. The van der Waals surface area contributed by atoms with Crippen LogP contribution < -0.4 is 0 Å². The smallest absolute Gasteiger partial charge is 0.311 e. The van der Waals surface area contributed by atoms with Gasteiger partial charge in [0.1, 0.15) is 18.3 Å². The normalized spacial score (nSPS) is 16.7. The number of rotatable bonds is 12. The van der Waals surface area contributed by atoms with Gasteiger partial charge in [0.05, 0.1) is 24.5 Å². The number of epoxide rings is 1. The number of ether oxygens (including phenoxy) is 4. The quantitative estimate of drug-likeness (QED) is 0.138. The van der Waals surface area contributed by atoms with Crippen molar-refractivity contribution < 1.29 is 33.3 Å². The van der Waals surface area contributed by atoms with Crippen molar-refractivity contribution in [3.63, 3.8) is 0 Å². The molecule has 0 aromatic carbocycles. The van der Waals surface area contributed by atoms with E-state index in [9.17, 15) is 14.4 Å². The number of esters is 3. The molecule has 1 saturated heterocycles. The molecule has 37 heavy (non-hydrogen) atoms. The molecule has 0 radical (unpaired) electrons. The van der Waals surface area contributed by atoms with E-state index < -0.39 is 28.4 Å². The van der Waals surface area contributed by atoms with Gasteiger partial charge in [-0.25, -0.2) is 0 Å². The van der Waals surface area contributed by atoms with Crippen LogP contribution in [0.1, 0.15) is 134 Å². The summed E-state index contributed by atoms with van der Waals surface area (Å²) in [5.41, 5.74) is -2.82.